The zero-order valence-corrected chi connectivity index (χ0v) is 39.2. The molecule has 16 nitrogen and oxygen atoms in total. The van der Waals surface area contributed by atoms with E-state index in [1.807, 2.05) is 0 Å². The van der Waals surface area contributed by atoms with Crippen LogP contribution in [0.25, 0.3) is 0 Å². The minimum absolute atomic E-state index is 0.0522. The topological polar surface area (TPSA) is 256 Å². The number of hydrogen-bond donors (Lipinski definition) is 7. The number of esters is 2. The van der Waals surface area contributed by atoms with Crippen molar-refractivity contribution in [3.8, 4) is 0 Å². The first kappa shape index (κ1) is 58.0. The van der Waals surface area contributed by atoms with E-state index in [0.29, 0.717) is 12.8 Å². The van der Waals surface area contributed by atoms with E-state index in [1.165, 1.54) is 116 Å². The van der Waals surface area contributed by atoms with Gasteiger partial charge in [0, 0.05) is 12.8 Å². The van der Waals surface area contributed by atoms with Gasteiger partial charge in [-0.2, -0.15) is 0 Å². The van der Waals surface area contributed by atoms with Crippen molar-refractivity contribution in [3.05, 3.63) is 0 Å². The Morgan fingerprint density at radius 2 is 0.803 bits per heavy atom. The van der Waals surface area contributed by atoms with E-state index in [2.05, 4.69) is 18.4 Å². The van der Waals surface area contributed by atoms with Gasteiger partial charge in [-0.05, 0) is 12.8 Å². The molecule has 1 rings (SSSR count). The molecule has 1 fully saturated rings. The van der Waals surface area contributed by atoms with Gasteiger partial charge in [-0.3, -0.25) is 23.2 Å². The molecule has 7 N–H and O–H groups in total. The van der Waals surface area contributed by atoms with Crippen LogP contribution in [0.3, 0.4) is 0 Å². The number of rotatable bonds is 40. The Balaban J connectivity index is 2.59. The van der Waals surface area contributed by atoms with Crippen molar-refractivity contribution in [1.82, 2.24) is 0 Å². The van der Waals surface area contributed by atoms with Gasteiger partial charge >= 0.3 is 27.6 Å². The van der Waals surface area contributed by atoms with Crippen molar-refractivity contribution in [3.63, 3.8) is 0 Å². The zero-order valence-electron chi connectivity index (χ0n) is 37.4. The first-order valence-electron chi connectivity index (χ1n) is 23.6. The van der Waals surface area contributed by atoms with Crippen LogP contribution in [0, 0.1) is 0 Å². The molecule has 362 valence electrons. The van der Waals surface area contributed by atoms with Gasteiger partial charge in [0.25, 0.3) is 0 Å². The van der Waals surface area contributed by atoms with Gasteiger partial charge in [0.15, 0.2) is 6.10 Å². The molecule has 1 unspecified atom stereocenters. The van der Waals surface area contributed by atoms with Gasteiger partial charge in [0.05, 0.1) is 6.61 Å². The second-order valence-corrected chi connectivity index (χ2v) is 19.4. The number of unbranched alkanes of at least 4 members (excludes halogenated alkanes) is 26. The fourth-order valence-electron chi connectivity index (χ4n) is 7.50. The molecule has 1 aliphatic rings. The molecular formula is C43H84O16P2. The quantitative estimate of drug-likeness (QED) is 0.0172. The summed E-state index contributed by atoms with van der Waals surface area (Å²) < 4.78 is 49.3. The van der Waals surface area contributed by atoms with Crippen molar-refractivity contribution < 1.29 is 76.9 Å². The Labute approximate surface area is 366 Å². The third-order valence-corrected chi connectivity index (χ3v) is 12.7. The molecule has 0 spiro atoms. The van der Waals surface area contributed by atoms with Crippen LogP contribution in [0.5, 0.6) is 0 Å². The van der Waals surface area contributed by atoms with Crippen LogP contribution < -0.4 is 0 Å². The molecule has 0 aromatic heterocycles. The highest BCUT2D eigenvalue weighted by atomic mass is 31.2. The van der Waals surface area contributed by atoms with E-state index >= 15 is 0 Å². The van der Waals surface area contributed by atoms with Gasteiger partial charge in [-0.1, -0.05) is 181 Å². The van der Waals surface area contributed by atoms with Crippen molar-refractivity contribution >= 4 is 27.6 Å². The number of aliphatic hydroxyl groups excluding tert-OH is 4. The molecule has 0 radical (unpaired) electrons. The predicted molar refractivity (Wildman–Crippen MR) is 232 cm³/mol. The molecule has 0 saturated heterocycles. The van der Waals surface area contributed by atoms with Crippen LogP contribution in [0.2, 0.25) is 0 Å². The highest BCUT2D eigenvalue weighted by Gasteiger charge is 2.54. The standard InChI is InChI=1S/C43H84O16P2/c1-3-5-7-9-11-13-15-17-18-20-22-24-26-28-30-32-37(45)57-35(33-55-36(44)31-29-27-25-23-21-19-16-14-12-10-8-6-4-2)34-56-61(53,54)59-43-40(48)38(46)39(47)42(41(43)49)58-60(50,51)52/h35,38-43,46-49H,3-34H2,1-2H3,(H,53,54)(H2,50,51,52)/t35-,38+,39-,40-,41+,42+,43-/m1/s1. The minimum atomic E-state index is -5.36. The molecule has 8 atom stereocenters. The van der Waals surface area contributed by atoms with Crippen LogP contribution in [0.15, 0.2) is 0 Å². The maximum atomic E-state index is 13.0. The lowest BCUT2D eigenvalue weighted by Gasteiger charge is -2.43. The summed E-state index contributed by atoms with van der Waals surface area (Å²) >= 11 is 0. The van der Waals surface area contributed by atoms with E-state index in [0.717, 1.165) is 51.4 Å². The maximum absolute atomic E-state index is 13.0. The summed E-state index contributed by atoms with van der Waals surface area (Å²) in [6, 6.07) is 0. The largest absolute Gasteiger partial charge is 0.472 e. The van der Waals surface area contributed by atoms with Crippen LogP contribution in [0.1, 0.15) is 206 Å². The van der Waals surface area contributed by atoms with Crippen LogP contribution in [-0.4, -0.2) is 103 Å². The molecule has 18 heteroatoms. The van der Waals surface area contributed by atoms with E-state index in [9.17, 15) is 44.0 Å². The van der Waals surface area contributed by atoms with E-state index in [-0.39, 0.29) is 12.8 Å². The van der Waals surface area contributed by atoms with Gasteiger partial charge in [-0.25, -0.2) is 9.13 Å². The number of carbonyl (C=O) groups excluding carboxylic acids is 2. The molecule has 1 saturated carbocycles. The summed E-state index contributed by atoms with van der Waals surface area (Å²) in [7, 11) is -10.7. The van der Waals surface area contributed by atoms with Gasteiger partial charge < -0.3 is 44.6 Å². The Morgan fingerprint density at radius 1 is 0.459 bits per heavy atom. The second-order valence-electron chi connectivity index (χ2n) is 16.8. The number of phosphoric acid groups is 2. The fourth-order valence-corrected chi connectivity index (χ4v) is 9.04. The summed E-state index contributed by atoms with van der Waals surface area (Å²) in [6.45, 7) is 3.12. The average Bonchev–Trinajstić information content (AvgIpc) is 3.21. The van der Waals surface area contributed by atoms with Crippen molar-refractivity contribution in [2.75, 3.05) is 13.2 Å². The average molecular weight is 919 g/mol. The summed E-state index contributed by atoms with van der Waals surface area (Å²) in [6.07, 6.45) is 17.8. The number of aliphatic hydroxyl groups is 4. The molecule has 0 bridgehead atoms. The smallest absolute Gasteiger partial charge is 0.462 e. The first-order chi connectivity index (χ1) is 29.1. The fraction of sp³-hybridized carbons (Fsp3) is 0.953. The molecule has 0 aromatic rings. The highest BCUT2D eigenvalue weighted by Crippen LogP contribution is 2.49. The molecule has 1 aliphatic carbocycles. The Morgan fingerprint density at radius 3 is 1.18 bits per heavy atom. The lowest BCUT2D eigenvalue weighted by Crippen LogP contribution is -2.64. The van der Waals surface area contributed by atoms with E-state index in [1.54, 1.807) is 0 Å². The number of hydrogen-bond acceptors (Lipinski definition) is 13. The summed E-state index contributed by atoms with van der Waals surface area (Å²) in [4.78, 5) is 54.2. The van der Waals surface area contributed by atoms with Crippen LogP contribution in [-0.2, 0) is 41.8 Å². The van der Waals surface area contributed by atoms with Gasteiger partial charge in [-0.15, -0.1) is 0 Å². The maximum Gasteiger partial charge on any atom is 0.472 e. The van der Waals surface area contributed by atoms with Crippen molar-refractivity contribution in [2.45, 2.75) is 249 Å². The molecule has 0 heterocycles. The van der Waals surface area contributed by atoms with Crippen molar-refractivity contribution in [2.24, 2.45) is 0 Å². The third kappa shape index (κ3) is 30.0. The summed E-state index contributed by atoms with van der Waals surface area (Å²) in [5.74, 6) is -1.19. The Hall–Kier alpha value is -1.00. The molecule has 0 aliphatic heterocycles. The van der Waals surface area contributed by atoms with Gasteiger partial charge in [0.2, 0.25) is 0 Å². The normalized spacial score (nSPS) is 22.2. The predicted octanol–water partition coefficient (Wildman–Crippen LogP) is 8.62. The minimum Gasteiger partial charge on any atom is -0.462 e. The molecule has 0 aromatic carbocycles. The summed E-state index contributed by atoms with van der Waals surface area (Å²) in [5, 5.41) is 41.2. The SMILES string of the molecule is CCCCCCCCCCCCCCCCCC(=O)O[C@H](COC(=O)CCCCCCCCCCCCCCC)COP(=O)(O)O[C@H]1[C@@H](O)[C@@H](OP(=O)(O)O)[C@H](O)[C@H](O)[C@H]1O. The third-order valence-electron chi connectivity index (χ3n) is 11.2. The number of phosphoric ester groups is 2. The van der Waals surface area contributed by atoms with E-state index in [4.69, 9.17) is 28.3 Å². The van der Waals surface area contributed by atoms with Crippen LogP contribution in [0.4, 0.5) is 0 Å². The molecular weight excluding hydrogens is 834 g/mol. The number of carbonyl (C=O) groups is 2. The highest BCUT2D eigenvalue weighted by molar-refractivity contribution is 7.47. The monoisotopic (exact) mass is 919 g/mol. The Bertz CT molecular complexity index is 1200. The summed E-state index contributed by atoms with van der Waals surface area (Å²) in [5.41, 5.74) is 0. The lowest BCUT2D eigenvalue weighted by molar-refractivity contribution is -0.216. The Kier molecular flexibility index (Phi) is 33.6. The van der Waals surface area contributed by atoms with Crippen LogP contribution >= 0.6 is 15.6 Å². The van der Waals surface area contributed by atoms with Crippen molar-refractivity contribution in [1.29, 1.82) is 0 Å². The van der Waals surface area contributed by atoms with E-state index < -0.39 is 83.5 Å². The van der Waals surface area contributed by atoms with Gasteiger partial charge in [0.1, 0.15) is 43.2 Å². The molecule has 61 heavy (non-hydrogen) atoms. The first-order valence-corrected chi connectivity index (χ1v) is 26.6. The number of ether oxygens (including phenoxy) is 2. The lowest BCUT2D eigenvalue weighted by atomic mass is 9.85. The molecule has 0 amide bonds. The second kappa shape index (κ2) is 35.3. The zero-order chi connectivity index (χ0) is 45.4.